The van der Waals surface area contributed by atoms with Gasteiger partial charge < -0.3 is 10.8 Å². The number of hydrogen-bond acceptors (Lipinski definition) is 5. The van der Waals surface area contributed by atoms with Crippen molar-refractivity contribution in [1.29, 1.82) is 0 Å². The van der Waals surface area contributed by atoms with Gasteiger partial charge >= 0.3 is 5.97 Å². The summed E-state index contributed by atoms with van der Waals surface area (Å²) < 4.78 is 0. The number of rotatable bonds is 2. The van der Waals surface area contributed by atoms with Gasteiger partial charge in [0.2, 0.25) is 0 Å². The number of benzene rings is 1. The van der Waals surface area contributed by atoms with Crippen molar-refractivity contribution in [2.45, 2.75) is 0 Å². The Labute approximate surface area is 112 Å². The fourth-order valence-corrected chi connectivity index (χ4v) is 2.71. The molecule has 0 radical (unpaired) electrons. The number of aromatic carboxylic acids is 1. The van der Waals surface area contributed by atoms with Crippen molar-refractivity contribution >= 4 is 33.2 Å². The molecule has 0 atom stereocenters. The van der Waals surface area contributed by atoms with E-state index in [0.717, 1.165) is 22.3 Å². The van der Waals surface area contributed by atoms with E-state index in [4.69, 9.17) is 10.8 Å². The van der Waals surface area contributed by atoms with Crippen LogP contribution in [-0.4, -0.2) is 21.0 Å². The highest BCUT2D eigenvalue weighted by molar-refractivity contribution is 7.20. The predicted molar refractivity (Wildman–Crippen MR) is 74.2 cm³/mol. The van der Waals surface area contributed by atoms with Crippen LogP contribution in [0.2, 0.25) is 0 Å². The zero-order valence-electron chi connectivity index (χ0n) is 9.70. The number of fused-ring (bicyclic) bond motifs is 1. The van der Waals surface area contributed by atoms with Crippen LogP contribution in [0.25, 0.3) is 21.5 Å². The lowest BCUT2D eigenvalue weighted by molar-refractivity contribution is 0.0702. The largest absolute Gasteiger partial charge is 0.477 e. The van der Waals surface area contributed by atoms with Gasteiger partial charge in [-0.3, -0.25) is 0 Å². The van der Waals surface area contributed by atoms with Crippen LogP contribution in [0.15, 0.2) is 36.7 Å². The number of anilines is 1. The normalized spacial score (nSPS) is 10.7. The summed E-state index contributed by atoms with van der Waals surface area (Å²) >= 11 is 1.14. The van der Waals surface area contributed by atoms with Gasteiger partial charge in [0.1, 0.15) is 16.0 Å². The lowest BCUT2D eigenvalue weighted by Crippen LogP contribution is -1.90. The van der Waals surface area contributed by atoms with Gasteiger partial charge in [-0.1, -0.05) is 12.1 Å². The molecule has 2 heterocycles. The molecular weight excluding hydrogens is 262 g/mol. The van der Waals surface area contributed by atoms with Gasteiger partial charge in [0.15, 0.2) is 0 Å². The second-order valence-corrected chi connectivity index (χ2v) is 5.01. The summed E-state index contributed by atoms with van der Waals surface area (Å²) in [6.45, 7) is 0. The van der Waals surface area contributed by atoms with Gasteiger partial charge in [-0.05, 0) is 18.2 Å². The number of carboxylic acids is 1. The minimum absolute atomic E-state index is 0.251. The van der Waals surface area contributed by atoms with Gasteiger partial charge in [0.05, 0.1) is 5.69 Å². The fourth-order valence-electron chi connectivity index (χ4n) is 1.88. The molecule has 3 rings (SSSR count). The molecule has 0 saturated carbocycles. The van der Waals surface area contributed by atoms with E-state index >= 15 is 0 Å². The zero-order valence-corrected chi connectivity index (χ0v) is 10.5. The van der Waals surface area contributed by atoms with Crippen LogP contribution in [0, 0.1) is 0 Å². The molecule has 0 saturated heterocycles. The molecule has 0 bridgehead atoms. The first kappa shape index (κ1) is 11.6. The van der Waals surface area contributed by atoms with E-state index in [1.54, 1.807) is 18.2 Å². The van der Waals surface area contributed by atoms with E-state index in [9.17, 15) is 4.79 Å². The van der Waals surface area contributed by atoms with Crippen molar-refractivity contribution < 1.29 is 9.90 Å². The molecule has 0 aliphatic heterocycles. The third kappa shape index (κ3) is 2.02. The van der Waals surface area contributed by atoms with E-state index in [0.29, 0.717) is 16.2 Å². The van der Waals surface area contributed by atoms with Crippen molar-refractivity contribution in [1.82, 2.24) is 9.97 Å². The van der Waals surface area contributed by atoms with Crippen LogP contribution in [0.4, 0.5) is 5.69 Å². The summed E-state index contributed by atoms with van der Waals surface area (Å²) in [6.07, 6.45) is 1.43. The molecule has 3 aromatic rings. The molecular formula is C13H9N3O2S. The number of nitrogens with two attached hydrogens (primary N) is 1. The standard InChI is InChI=1S/C13H9N3O2S/c14-8-3-1-2-7(4-8)11-9-5-10(13(17)18)19-12(9)16-6-15-11/h1-6H,14H2,(H,17,18). The van der Waals surface area contributed by atoms with E-state index in [-0.39, 0.29) is 4.88 Å². The van der Waals surface area contributed by atoms with Crippen molar-refractivity contribution in [3.8, 4) is 11.3 Å². The van der Waals surface area contributed by atoms with Crippen molar-refractivity contribution in [2.24, 2.45) is 0 Å². The predicted octanol–water partition coefficient (Wildman–Crippen LogP) is 2.64. The summed E-state index contributed by atoms with van der Waals surface area (Å²) in [7, 11) is 0. The molecule has 6 heteroatoms. The molecule has 0 unspecified atom stereocenters. The number of thiophene rings is 1. The number of aromatic nitrogens is 2. The van der Waals surface area contributed by atoms with Gasteiger partial charge in [0.25, 0.3) is 0 Å². The molecule has 0 spiro atoms. The lowest BCUT2D eigenvalue weighted by atomic mass is 10.1. The van der Waals surface area contributed by atoms with Crippen LogP contribution >= 0.6 is 11.3 Å². The Morgan fingerprint density at radius 1 is 1.26 bits per heavy atom. The average molecular weight is 271 g/mol. The first-order chi connectivity index (χ1) is 9.15. The van der Waals surface area contributed by atoms with Gasteiger partial charge in [-0.15, -0.1) is 11.3 Å². The first-order valence-corrected chi connectivity index (χ1v) is 6.30. The Hall–Kier alpha value is -2.47. The molecule has 5 nitrogen and oxygen atoms in total. The number of nitrogens with zero attached hydrogens (tertiary/aromatic N) is 2. The monoisotopic (exact) mass is 271 g/mol. The highest BCUT2D eigenvalue weighted by atomic mass is 32.1. The molecule has 94 valence electrons. The SMILES string of the molecule is Nc1cccc(-c2ncnc3sc(C(=O)O)cc23)c1. The van der Waals surface area contributed by atoms with E-state index in [1.807, 2.05) is 12.1 Å². The zero-order chi connectivity index (χ0) is 13.4. The Morgan fingerprint density at radius 3 is 2.84 bits per heavy atom. The van der Waals surface area contributed by atoms with Gasteiger partial charge in [-0.2, -0.15) is 0 Å². The molecule has 0 fully saturated rings. The molecule has 0 aliphatic rings. The van der Waals surface area contributed by atoms with Crippen LogP contribution in [0.5, 0.6) is 0 Å². The van der Waals surface area contributed by atoms with Gasteiger partial charge in [0, 0.05) is 16.6 Å². The molecule has 2 aromatic heterocycles. The Morgan fingerprint density at radius 2 is 2.11 bits per heavy atom. The van der Waals surface area contributed by atoms with E-state index in [1.165, 1.54) is 6.33 Å². The third-order valence-corrected chi connectivity index (χ3v) is 3.73. The number of carbonyl (C=O) groups is 1. The quantitative estimate of drug-likeness (QED) is 0.699. The maximum atomic E-state index is 11.0. The lowest BCUT2D eigenvalue weighted by Gasteiger charge is -2.02. The Kier molecular flexibility index (Phi) is 2.64. The molecule has 19 heavy (non-hydrogen) atoms. The third-order valence-electron chi connectivity index (χ3n) is 2.70. The number of carboxylic acid groups (broad SMARTS) is 1. The van der Waals surface area contributed by atoms with Crippen molar-refractivity contribution in [3.63, 3.8) is 0 Å². The van der Waals surface area contributed by atoms with Crippen LogP contribution < -0.4 is 5.73 Å². The minimum Gasteiger partial charge on any atom is -0.477 e. The Bertz CT molecular complexity index is 782. The summed E-state index contributed by atoms with van der Waals surface area (Å²) in [5.41, 5.74) is 7.94. The maximum absolute atomic E-state index is 11.0. The smallest absolute Gasteiger partial charge is 0.345 e. The fraction of sp³-hybridized carbons (Fsp3) is 0. The molecule has 1 aromatic carbocycles. The van der Waals surface area contributed by atoms with Crippen molar-refractivity contribution in [2.75, 3.05) is 5.73 Å². The van der Waals surface area contributed by atoms with Crippen LogP contribution in [0.3, 0.4) is 0 Å². The second-order valence-electron chi connectivity index (χ2n) is 3.98. The van der Waals surface area contributed by atoms with Crippen LogP contribution in [-0.2, 0) is 0 Å². The van der Waals surface area contributed by atoms with Gasteiger partial charge in [-0.25, -0.2) is 14.8 Å². The number of hydrogen-bond donors (Lipinski definition) is 2. The van der Waals surface area contributed by atoms with E-state index < -0.39 is 5.97 Å². The molecule has 0 aliphatic carbocycles. The van der Waals surface area contributed by atoms with Crippen LogP contribution in [0.1, 0.15) is 9.67 Å². The maximum Gasteiger partial charge on any atom is 0.345 e. The minimum atomic E-state index is -0.957. The second kappa shape index (κ2) is 4.33. The molecule has 3 N–H and O–H groups in total. The summed E-state index contributed by atoms with van der Waals surface area (Å²) in [4.78, 5) is 20.3. The summed E-state index contributed by atoms with van der Waals surface area (Å²) in [5.74, 6) is -0.957. The summed E-state index contributed by atoms with van der Waals surface area (Å²) in [5, 5.41) is 9.77. The topological polar surface area (TPSA) is 89.1 Å². The highest BCUT2D eigenvalue weighted by Gasteiger charge is 2.13. The van der Waals surface area contributed by atoms with E-state index in [2.05, 4.69) is 9.97 Å². The highest BCUT2D eigenvalue weighted by Crippen LogP contribution is 2.31. The molecule has 0 amide bonds. The van der Waals surface area contributed by atoms with Crippen molar-refractivity contribution in [3.05, 3.63) is 41.5 Å². The first-order valence-electron chi connectivity index (χ1n) is 5.49. The number of nitrogen functional groups attached to an aromatic ring is 1. The Balaban J connectivity index is 2.26. The summed E-state index contributed by atoms with van der Waals surface area (Å²) in [6, 6.07) is 8.91. The average Bonchev–Trinajstić information content (AvgIpc) is 2.82.